The molecule has 2 heterocycles. The van der Waals surface area contributed by atoms with Gasteiger partial charge in [-0.25, -0.2) is 0 Å². The molecule has 1 aliphatic rings. The first-order valence-electron chi connectivity index (χ1n) is 8.33. The second kappa shape index (κ2) is 6.48. The van der Waals surface area contributed by atoms with Crippen molar-refractivity contribution < 1.29 is 14.1 Å². The molecule has 2 aromatic carbocycles. The Kier molecular flexibility index (Phi) is 4.01. The van der Waals surface area contributed by atoms with Crippen LogP contribution in [0.15, 0.2) is 65.1 Å². The molecule has 6 nitrogen and oxygen atoms in total. The summed E-state index contributed by atoms with van der Waals surface area (Å²) >= 11 is 0. The van der Waals surface area contributed by atoms with Crippen molar-refractivity contribution in [1.29, 1.82) is 0 Å². The van der Waals surface area contributed by atoms with Crippen molar-refractivity contribution in [2.24, 2.45) is 0 Å². The highest BCUT2D eigenvalue weighted by Gasteiger charge is 2.25. The lowest BCUT2D eigenvalue weighted by Gasteiger charge is -2.28. The van der Waals surface area contributed by atoms with E-state index in [1.54, 1.807) is 35.2 Å². The summed E-state index contributed by atoms with van der Waals surface area (Å²) in [6.45, 7) is 1.16. The van der Waals surface area contributed by atoms with Crippen LogP contribution in [-0.2, 0) is 13.0 Å². The summed E-state index contributed by atoms with van der Waals surface area (Å²) < 4.78 is 5.67. The van der Waals surface area contributed by atoms with Crippen molar-refractivity contribution in [3.8, 4) is 11.3 Å². The predicted molar refractivity (Wildman–Crippen MR) is 95.7 cm³/mol. The monoisotopic (exact) mass is 348 g/mol. The first kappa shape index (κ1) is 16.1. The van der Waals surface area contributed by atoms with Crippen molar-refractivity contribution >= 4 is 11.6 Å². The largest absolute Gasteiger partial charge is 0.451 e. The minimum absolute atomic E-state index is 0.0484. The second-order valence-electron chi connectivity index (χ2n) is 6.18. The zero-order chi connectivity index (χ0) is 18.1. The summed E-state index contributed by atoms with van der Waals surface area (Å²) in [7, 11) is 0. The van der Waals surface area contributed by atoms with Crippen molar-refractivity contribution in [1.82, 2.24) is 4.90 Å². The standard InChI is InChI=1S/C20H16N2O4/c23-20(21-12-11-14-5-1-2-6-15(14)13-21)19-10-9-18(26-19)16-7-3-4-8-17(16)22(24)25/h1-10H,11-13H2. The number of nitro groups is 1. The third-order valence-electron chi connectivity index (χ3n) is 4.60. The predicted octanol–water partition coefficient (Wildman–Crippen LogP) is 4.05. The third kappa shape index (κ3) is 2.86. The summed E-state index contributed by atoms with van der Waals surface area (Å²) in [4.78, 5) is 25.2. The molecule has 4 rings (SSSR count). The van der Waals surface area contributed by atoms with Gasteiger partial charge in [0.2, 0.25) is 0 Å². The maximum atomic E-state index is 12.8. The van der Waals surface area contributed by atoms with Gasteiger partial charge in [0.25, 0.3) is 11.6 Å². The Labute approximate surface area is 149 Å². The van der Waals surface area contributed by atoms with Gasteiger partial charge in [0.1, 0.15) is 5.76 Å². The van der Waals surface area contributed by atoms with Crippen LogP contribution in [0.2, 0.25) is 0 Å². The maximum absolute atomic E-state index is 12.8. The molecule has 3 aromatic rings. The Bertz CT molecular complexity index is 993. The zero-order valence-electron chi connectivity index (χ0n) is 13.9. The summed E-state index contributed by atoms with van der Waals surface area (Å²) in [6, 6.07) is 17.6. The maximum Gasteiger partial charge on any atom is 0.289 e. The first-order chi connectivity index (χ1) is 12.6. The van der Waals surface area contributed by atoms with Gasteiger partial charge in [-0.05, 0) is 35.7 Å². The van der Waals surface area contributed by atoms with Crippen LogP contribution in [0.25, 0.3) is 11.3 Å². The second-order valence-corrected chi connectivity index (χ2v) is 6.18. The molecule has 0 N–H and O–H groups in total. The molecule has 130 valence electrons. The van der Waals surface area contributed by atoms with Crippen molar-refractivity contribution in [2.45, 2.75) is 13.0 Å². The van der Waals surface area contributed by atoms with Gasteiger partial charge in [0, 0.05) is 19.2 Å². The fourth-order valence-electron chi connectivity index (χ4n) is 3.26. The molecule has 0 unspecified atom stereocenters. The van der Waals surface area contributed by atoms with Gasteiger partial charge >= 0.3 is 0 Å². The fourth-order valence-corrected chi connectivity index (χ4v) is 3.26. The Morgan fingerprint density at radius 2 is 1.73 bits per heavy atom. The van der Waals surface area contributed by atoms with Crippen LogP contribution >= 0.6 is 0 Å². The Hall–Kier alpha value is -3.41. The molecule has 0 spiro atoms. The highest BCUT2D eigenvalue weighted by molar-refractivity contribution is 5.92. The average molecular weight is 348 g/mol. The molecule has 26 heavy (non-hydrogen) atoms. The Morgan fingerprint density at radius 3 is 2.54 bits per heavy atom. The number of para-hydroxylation sites is 1. The molecule has 0 saturated carbocycles. The summed E-state index contributed by atoms with van der Waals surface area (Å²) in [5, 5.41) is 11.2. The van der Waals surface area contributed by atoms with E-state index >= 15 is 0 Å². The van der Waals surface area contributed by atoms with Crippen LogP contribution in [-0.4, -0.2) is 22.3 Å². The molecule has 0 aliphatic carbocycles. The topological polar surface area (TPSA) is 76.6 Å². The zero-order valence-corrected chi connectivity index (χ0v) is 13.9. The van der Waals surface area contributed by atoms with Crippen LogP contribution in [0, 0.1) is 10.1 Å². The van der Waals surface area contributed by atoms with E-state index in [1.807, 2.05) is 18.2 Å². The van der Waals surface area contributed by atoms with Crippen molar-refractivity contribution in [2.75, 3.05) is 6.54 Å². The molecular formula is C20H16N2O4. The average Bonchev–Trinajstić information content (AvgIpc) is 3.17. The van der Waals surface area contributed by atoms with Gasteiger partial charge in [-0.3, -0.25) is 14.9 Å². The first-order valence-corrected chi connectivity index (χ1v) is 8.33. The van der Waals surface area contributed by atoms with Gasteiger partial charge in [0.15, 0.2) is 5.76 Å². The number of hydrogen-bond acceptors (Lipinski definition) is 4. The number of fused-ring (bicyclic) bond motifs is 1. The minimum atomic E-state index is -0.457. The molecule has 0 saturated heterocycles. The summed E-state index contributed by atoms with van der Waals surface area (Å²) in [6.07, 6.45) is 0.805. The molecular weight excluding hydrogens is 332 g/mol. The smallest absolute Gasteiger partial charge is 0.289 e. The molecule has 0 atom stereocenters. The number of rotatable bonds is 3. The molecule has 1 aliphatic heterocycles. The van der Waals surface area contributed by atoms with E-state index in [-0.39, 0.29) is 17.4 Å². The SMILES string of the molecule is O=C(c1ccc(-c2ccccc2[N+](=O)[O-])o1)N1CCc2ccccc2C1. The van der Waals surface area contributed by atoms with Crippen LogP contribution in [0.5, 0.6) is 0 Å². The highest BCUT2D eigenvalue weighted by atomic mass is 16.6. The van der Waals surface area contributed by atoms with E-state index in [1.165, 1.54) is 11.6 Å². The number of nitrogens with zero attached hydrogens (tertiary/aromatic N) is 2. The van der Waals surface area contributed by atoms with E-state index in [9.17, 15) is 14.9 Å². The van der Waals surface area contributed by atoms with E-state index in [0.717, 1.165) is 12.0 Å². The lowest BCUT2D eigenvalue weighted by molar-refractivity contribution is -0.384. The Balaban J connectivity index is 1.59. The van der Waals surface area contributed by atoms with Gasteiger partial charge in [0.05, 0.1) is 10.5 Å². The molecule has 0 fully saturated rings. The fraction of sp³-hybridized carbons (Fsp3) is 0.150. The number of amides is 1. The van der Waals surface area contributed by atoms with Crippen LogP contribution in [0.1, 0.15) is 21.7 Å². The summed E-state index contributed by atoms with van der Waals surface area (Å²) in [5.74, 6) is 0.305. The van der Waals surface area contributed by atoms with E-state index in [0.29, 0.717) is 24.4 Å². The number of benzene rings is 2. The number of carbonyl (C=O) groups is 1. The van der Waals surface area contributed by atoms with Gasteiger partial charge < -0.3 is 9.32 Å². The van der Waals surface area contributed by atoms with Crippen LogP contribution in [0.4, 0.5) is 5.69 Å². The molecule has 1 aromatic heterocycles. The molecule has 1 amide bonds. The number of nitro benzene ring substituents is 1. The van der Waals surface area contributed by atoms with Crippen molar-refractivity contribution in [3.05, 3.63) is 87.7 Å². The molecule has 0 radical (unpaired) electrons. The molecule has 0 bridgehead atoms. The van der Waals surface area contributed by atoms with Crippen LogP contribution < -0.4 is 0 Å². The summed E-state index contributed by atoms with van der Waals surface area (Å²) in [5.41, 5.74) is 2.71. The minimum Gasteiger partial charge on any atom is -0.451 e. The number of hydrogen-bond donors (Lipinski definition) is 0. The van der Waals surface area contributed by atoms with Gasteiger partial charge in [-0.1, -0.05) is 36.4 Å². The van der Waals surface area contributed by atoms with E-state index < -0.39 is 4.92 Å². The van der Waals surface area contributed by atoms with Gasteiger partial charge in [-0.15, -0.1) is 0 Å². The van der Waals surface area contributed by atoms with Crippen LogP contribution in [0.3, 0.4) is 0 Å². The normalized spacial score (nSPS) is 13.3. The Morgan fingerprint density at radius 1 is 1.00 bits per heavy atom. The lowest BCUT2D eigenvalue weighted by atomic mass is 10.00. The highest BCUT2D eigenvalue weighted by Crippen LogP contribution is 2.31. The van der Waals surface area contributed by atoms with E-state index in [4.69, 9.17) is 4.42 Å². The molecule has 6 heteroatoms. The number of carbonyl (C=O) groups excluding carboxylic acids is 1. The van der Waals surface area contributed by atoms with Crippen molar-refractivity contribution in [3.63, 3.8) is 0 Å². The number of furan rings is 1. The van der Waals surface area contributed by atoms with E-state index in [2.05, 4.69) is 6.07 Å². The quantitative estimate of drug-likeness (QED) is 0.528. The van der Waals surface area contributed by atoms with Gasteiger partial charge in [-0.2, -0.15) is 0 Å². The lowest BCUT2D eigenvalue weighted by Crippen LogP contribution is -2.35. The third-order valence-corrected chi connectivity index (χ3v) is 4.60.